The van der Waals surface area contributed by atoms with Crippen LogP contribution in [0.2, 0.25) is 0 Å². The number of nitrogens with zero attached hydrogens (tertiary/aromatic N) is 1. The lowest BCUT2D eigenvalue weighted by Gasteiger charge is -2.24. The van der Waals surface area contributed by atoms with Crippen molar-refractivity contribution in [1.29, 1.82) is 0 Å². The Morgan fingerprint density at radius 2 is 1.69 bits per heavy atom. The van der Waals surface area contributed by atoms with E-state index in [2.05, 4.69) is 5.32 Å². The highest BCUT2D eigenvalue weighted by atomic mass is 32.2. The van der Waals surface area contributed by atoms with Gasteiger partial charge in [0.15, 0.2) is 0 Å². The molecule has 2 N–H and O–H groups in total. The molecule has 0 aliphatic heterocycles. The Hall–Kier alpha value is -2.22. The molecule has 0 aliphatic rings. The number of aliphatic hydroxyl groups excluding tert-OH is 1. The van der Waals surface area contributed by atoms with E-state index in [9.17, 15) is 13.2 Å². The van der Waals surface area contributed by atoms with Crippen molar-refractivity contribution < 1.29 is 18.3 Å². The summed E-state index contributed by atoms with van der Waals surface area (Å²) in [5, 5.41) is 11.5. The number of amides is 1. The van der Waals surface area contributed by atoms with Gasteiger partial charge in [0.05, 0.1) is 11.4 Å². The second kappa shape index (κ2) is 10.5. The molecule has 0 radical (unpaired) electrons. The molecule has 0 bridgehead atoms. The summed E-state index contributed by atoms with van der Waals surface area (Å²) in [5.74, 6) is -0.377. The summed E-state index contributed by atoms with van der Waals surface area (Å²) < 4.78 is 28.2. The Kier molecular flexibility index (Phi) is 8.37. The summed E-state index contributed by atoms with van der Waals surface area (Å²) in [6, 6.07) is 13.3. The zero-order valence-electron chi connectivity index (χ0n) is 17.3. The molecule has 0 fully saturated rings. The van der Waals surface area contributed by atoms with Crippen molar-refractivity contribution in [3.05, 3.63) is 64.7 Å². The first-order valence-corrected chi connectivity index (χ1v) is 11.2. The standard InChI is InChI=1S/C22H30N2O4S/c1-17-14-18(2)22(19(3)15-17)29(27,28)24(16-21(26)23-11-7-13-25)12-10-20-8-5-4-6-9-20/h4-6,8-9,14-15,25H,7,10-13,16H2,1-3H3,(H,23,26). The van der Waals surface area contributed by atoms with Crippen molar-refractivity contribution in [1.82, 2.24) is 9.62 Å². The van der Waals surface area contributed by atoms with Gasteiger partial charge in [0.1, 0.15) is 0 Å². The van der Waals surface area contributed by atoms with Crippen molar-refractivity contribution in [2.45, 2.75) is 38.5 Å². The molecule has 29 heavy (non-hydrogen) atoms. The number of carbonyl (C=O) groups is 1. The van der Waals surface area contributed by atoms with E-state index in [1.807, 2.05) is 49.4 Å². The van der Waals surface area contributed by atoms with Crippen molar-refractivity contribution in [2.24, 2.45) is 0 Å². The Balaban J connectivity index is 2.30. The molecular weight excluding hydrogens is 388 g/mol. The Morgan fingerprint density at radius 3 is 2.28 bits per heavy atom. The van der Waals surface area contributed by atoms with Crippen LogP contribution in [0.4, 0.5) is 0 Å². The molecule has 0 saturated carbocycles. The number of sulfonamides is 1. The molecule has 1 amide bonds. The number of hydrogen-bond donors (Lipinski definition) is 2. The van der Waals surface area contributed by atoms with Gasteiger partial charge in [0.2, 0.25) is 15.9 Å². The minimum Gasteiger partial charge on any atom is -0.396 e. The Morgan fingerprint density at radius 1 is 1.07 bits per heavy atom. The van der Waals surface area contributed by atoms with Gasteiger partial charge in [-0.3, -0.25) is 4.79 Å². The zero-order valence-corrected chi connectivity index (χ0v) is 18.1. The molecule has 158 valence electrons. The van der Waals surface area contributed by atoms with Gasteiger partial charge < -0.3 is 10.4 Å². The minimum absolute atomic E-state index is 0.0297. The van der Waals surface area contributed by atoms with Gasteiger partial charge in [-0.25, -0.2) is 8.42 Å². The molecule has 0 heterocycles. The third-order valence-corrected chi connectivity index (χ3v) is 6.82. The number of carbonyl (C=O) groups excluding carboxylic acids is 1. The van der Waals surface area contributed by atoms with Crippen molar-refractivity contribution in [3.8, 4) is 0 Å². The van der Waals surface area contributed by atoms with Gasteiger partial charge >= 0.3 is 0 Å². The van der Waals surface area contributed by atoms with Gasteiger partial charge in [-0.15, -0.1) is 0 Å². The molecule has 6 nitrogen and oxygen atoms in total. The lowest BCUT2D eigenvalue weighted by molar-refractivity contribution is -0.121. The van der Waals surface area contributed by atoms with Gasteiger partial charge in [0.25, 0.3) is 0 Å². The summed E-state index contributed by atoms with van der Waals surface area (Å²) >= 11 is 0. The van der Waals surface area contributed by atoms with Crippen LogP contribution in [0.15, 0.2) is 47.4 Å². The second-order valence-corrected chi connectivity index (χ2v) is 9.10. The molecule has 0 aromatic heterocycles. The maximum Gasteiger partial charge on any atom is 0.244 e. The van der Waals surface area contributed by atoms with Crippen molar-refractivity contribution in [2.75, 3.05) is 26.2 Å². The van der Waals surface area contributed by atoms with E-state index in [1.54, 1.807) is 13.8 Å². The molecule has 2 aromatic rings. The highest BCUT2D eigenvalue weighted by molar-refractivity contribution is 7.89. The second-order valence-electron chi connectivity index (χ2n) is 7.23. The Bertz CT molecular complexity index is 904. The van der Waals surface area contributed by atoms with Crippen LogP contribution in [0.3, 0.4) is 0 Å². The van der Waals surface area contributed by atoms with E-state index in [0.717, 1.165) is 11.1 Å². The molecule has 0 unspecified atom stereocenters. The first-order chi connectivity index (χ1) is 13.8. The first kappa shape index (κ1) is 23.1. The summed E-state index contributed by atoms with van der Waals surface area (Å²) in [7, 11) is -3.85. The van der Waals surface area contributed by atoms with Crippen LogP contribution < -0.4 is 5.32 Å². The molecule has 0 atom stereocenters. The number of rotatable bonds is 10. The van der Waals surface area contributed by atoms with Crippen LogP contribution in [0, 0.1) is 20.8 Å². The maximum atomic E-state index is 13.5. The minimum atomic E-state index is -3.85. The van der Waals surface area contributed by atoms with Crippen LogP contribution in [-0.4, -0.2) is 50.0 Å². The van der Waals surface area contributed by atoms with Crippen molar-refractivity contribution in [3.63, 3.8) is 0 Å². The molecule has 0 spiro atoms. The number of aliphatic hydroxyl groups is 1. The highest BCUT2D eigenvalue weighted by Crippen LogP contribution is 2.25. The fourth-order valence-corrected chi connectivity index (χ4v) is 5.22. The molecule has 0 saturated heterocycles. The summed E-state index contributed by atoms with van der Waals surface area (Å²) in [5.41, 5.74) is 3.35. The maximum absolute atomic E-state index is 13.5. The largest absolute Gasteiger partial charge is 0.396 e. The molecular formula is C22H30N2O4S. The molecule has 2 rings (SSSR count). The molecule has 7 heteroatoms. The van der Waals surface area contributed by atoms with E-state index >= 15 is 0 Å². The first-order valence-electron chi connectivity index (χ1n) is 9.75. The zero-order chi connectivity index (χ0) is 21.4. The summed E-state index contributed by atoms with van der Waals surface area (Å²) in [6.07, 6.45) is 0.937. The van der Waals surface area contributed by atoms with E-state index in [0.29, 0.717) is 30.5 Å². The molecule has 2 aromatic carbocycles. The topological polar surface area (TPSA) is 86.7 Å². The van der Waals surface area contributed by atoms with Crippen LogP contribution in [0.25, 0.3) is 0 Å². The smallest absolute Gasteiger partial charge is 0.244 e. The fourth-order valence-electron chi connectivity index (χ4n) is 3.41. The number of hydrogen-bond acceptors (Lipinski definition) is 4. The fraction of sp³-hybridized carbons (Fsp3) is 0.409. The quantitative estimate of drug-likeness (QED) is 0.580. The number of nitrogens with one attached hydrogen (secondary N) is 1. The van der Waals surface area contributed by atoms with Crippen LogP contribution in [0.1, 0.15) is 28.7 Å². The summed E-state index contributed by atoms with van der Waals surface area (Å²) in [6.45, 7) is 5.72. The van der Waals surface area contributed by atoms with Gasteiger partial charge in [-0.2, -0.15) is 4.31 Å². The van der Waals surface area contributed by atoms with Crippen molar-refractivity contribution >= 4 is 15.9 Å². The van der Waals surface area contributed by atoms with Gasteiger partial charge in [-0.05, 0) is 50.3 Å². The number of aryl methyl sites for hydroxylation is 3. The average Bonchev–Trinajstić information content (AvgIpc) is 2.65. The van der Waals surface area contributed by atoms with E-state index in [1.165, 1.54) is 4.31 Å². The molecule has 0 aliphatic carbocycles. The third-order valence-electron chi connectivity index (χ3n) is 4.67. The lowest BCUT2D eigenvalue weighted by Crippen LogP contribution is -2.42. The highest BCUT2D eigenvalue weighted by Gasteiger charge is 2.29. The van der Waals surface area contributed by atoms with Crippen LogP contribution in [0.5, 0.6) is 0 Å². The van der Waals surface area contributed by atoms with Crippen LogP contribution in [-0.2, 0) is 21.2 Å². The summed E-state index contributed by atoms with van der Waals surface area (Å²) in [4.78, 5) is 12.6. The monoisotopic (exact) mass is 418 g/mol. The van der Waals surface area contributed by atoms with Crippen LogP contribution >= 0.6 is 0 Å². The third kappa shape index (κ3) is 6.39. The predicted octanol–water partition coefficient (Wildman–Crippen LogP) is 2.34. The lowest BCUT2D eigenvalue weighted by atomic mass is 10.1. The normalized spacial score (nSPS) is 11.6. The average molecular weight is 419 g/mol. The Labute approximate surface area is 173 Å². The van der Waals surface area contributed by atoms with E-state index in [-0.39, 0.29) is 30.5 Å². The van der Waals surface area contributed by atoms with Gasteiger partial charge in [-0.1, -0.05) is 48.0 Å². The SMILES string of the molecule is Cc1cc(C)c(S(=O)(=O)N(CCc2ccccc2)CC(=O)NCCCO)c(C)c1. The van der Waals surface area contributed by atoms with E-state index in [4.69, 9.17) is 5.11 Å². The number of benzene rings is 2. The predicted molar refractivity (Wildman–Crippen MR) is 114 cm³/mol. The van der Waals surface area contributed by atoms with E-state index < -0.39 is 10.0 Å². The van der Waals surface area contributed by atoms with Gasteiger partial charge in [0, 0.05) is 19.7 Å².